The number of hydrogen-bond donors (Lipinski definition) is 3. The third-order valence-corrected chi connectivity index (χ3v) is 1.84. The number of aliphatic hydroxyl groups excluding tert-OH is 1. The van der Waals surface area contributed by atoms with Gasteiger partial charge in [-0.1, -0.05) is 0 Å². The Morgan fingerprint density at radius 1 is 1.54 bits per heavy atom. The number of thiol groups is 1. The maximum atomic E-state index is 9.45. The molecule has 0 aliphatic carbocycles. The summed E-state index contributed by atoms with van der Waals surface area (Å²) < 4.78 is 0. The SMILES string of the molecule is CC(C)(C)NCC(O)CC(S)C#N. The van der Waals surface area contributed by atoms with Crippen molar-refractivity contribution in [3.05, 3.63) is 0 Å². The van der Waals surface area contributed by atoms with Crippen LogP contribution in [0.3, 0.4) is 0 Å². The van der Waals surface area contributed by atoms with Gasteiger partial charge in [-0.05, 0) is 27.2 Å². The van der Waals surface area contributed by atoms with E-state index in [-0.39, 0.29) is 10.8 Å². The van der Waals surface area contributed by atoms with Crippen LogP contribution in [0.15, 0.2) is 0 Å². The molecule has 0 bridgehead atoms. The minimum absolute atomic E-state index is 0.000279. The van der Waals surface area contributed by atoms with E-state index in [4.69, 9.17) is 5.26 Å². The molecule has 13 heavy (non-hydrogen) atoms. The molecule has 0 spiro atoms. The lowest BCUT2D eigenvalue weighted by Gasteiger charge is -2.23. The van der Waals surface area contributed by atoms with Gasteiger partial charge in [0.2, 0.25) is 0 Å². The Labute approximate surface area is 85.6 Å². The molecule has 0 heterocycles. The van der Waals surface area contributed by atoms with Gasteiger partial charge in [0.05, 0.1) is 17.4 Å². The first-order valence-electron chi connectivity index (χ1n) is 4.36. The van der Waals surface area contributed by atoms with Crippen LogP contribution in [0.25, 0.3) is 0 Å². The van der Waals surface area contributed by atoms with Gasteiger partial charge in [-0.2, -0.15) is 17.9 Å². The predicted octanol–water partition coefficient (Wildman–Crippen LogP) is 0.947. The maximum Gasteiger partial charge on any atom is 0.0912 e. The molecule has 2 atom stereocenters. The zero-order valence-electron chi connectivity index (χ0n) is 8.41. The normalized spacial score (nSPS) is 16.3. The first kappa shape index (κ1) is 12.8. The monoisotopic (exact) mass is 202 g/mol. The van der Waals surface area contributed by atoms with Gasteiger partial charge in [-0.3, -0.25) is 0 Å². The summed E-state index contributed by atoms with van der Waals surface area (Å²) in [6.07, 6.45) is -0.0933. The summed E-state index contributed by atoms with van der Waals surface area (Å²) in [4.78, 5) is 0. The van der Waals surface area contributed by atoms with Crippen LogP contribution < -0.4 is 5.32 Å². The summed E-state index contributed by atoms with van der Waals surface area (Å²) in [5.74, 6) is 0. The van der Waals surface area contributed by atoms with E-state index in [0.717, 1.165) is 0 Å². The number of nitriles is 1. The number of aliphatic hydroxyl groups is 1. The van der Waals surface area contributed by atoms with Crippen LogP contribution in [0.5, 0.6) is 0 Å². The third kappa shape index (κ3) is 8.10. The average molecular weight is 202 g/mol. The molecule has 0 aliphatic heterocycles. The molecule has 0 saturated carbocycles. The van der Waals surface area contributed by atoms with Gasteiger partial charge < -0.3 is 10.4 Å². The maximum absolute atomic E-state index is 9.45. The van der Waals surface area contributed by atoms with Crippen molar-refractivity contribution in [1.29, 1.82) is 5.26 Å². The number of β-amino-alcohol motifs (C(OH)–C–C–N with tert-alkyl or cyclic N) is 1. The molecule has 0 rings (SSSR count). The van der Waals surface area contributed by atoms with Crippen LogP contribution in [0.1, 0.15) is 27.2 Å². The van der Waals surface area contributed by atoms with Crippen molar-refractivity contribution < 1.29 is 5.11 Å². The second kappa shape index (κ2) is 5.48. The van der Waals surface area contributed by atoms with Crippen LogP contribution in [-0.2, 0) is 0 Å². The average Bonchev–Trinajstić information content (AvgIpc) is 1.99. The summed E-state index contributed by atoms with van der Waals surface area (Å²) in [6.45, 7) is 6.59. The molecule has 0 radical (unpaired) electrons. The summed E-state index contributed by atoms with van der Waals surface area (Å²) in [5, 5.41) is 20.7. The lowest BCUT2D eigenvalue weighted by molar-refractivity contribution is 0.154. The lowest BCUT2D eigenvalue weighted by atomic mass is 10.1. The van der Waals surface area contributed by atoms with Crippen LogP contribution in [0, 0.1) is 11.3 Å². The molecule has 0 saturated heterocycles. The quantitative estimate of drug-likeness (QED) is 0.595. The fourth-order valence-electron chi connectivity index (χ4n) is 0.818. The van der Waals surface area contributed by atoms with Gasteiger partial charge in [-0.15, -0.1) is 0 Å². The van der Waals surface area contributed by atoms with Gasteiger partial charge in [0.1, 0.15) is 0 Å². The Balaban J connectivity index is 3.65. The highest BCUT2D eigenvalue weighted by Crippen LogP contribution is 2.05. The molecule has 3 nitrogen and oxygen atoms in total. The van der Waals surface area contributed by atoms with Crippen LogP contribution in [0.4, 0.5) is 0 Å². The second-order valence-electron chi connectivity index (χ2n) is 4.17. The first-order chi connectivity index (χ1) is 5.85. The molecule has 0 fully saturated rings. The van der Waals surface area contributed by atoms with Crippen molar-refractivity contribution in [3.8, 4) is 6.07 Å². The minimum Gasteiger partial charge on any atom is -0.392 e. The molecule has 0 aromatic carbocycles. The van der Waals surface area contributed by atoms with E-state index in [2.05, 4.69) is 17.9 Å². The van der Waals surface area contributed by atoms with E-state index in [9.17, 15) is 5.11 Å². The van der Waals surface area contributed by atoms with Crippen molar-refractivity contribution in [3.63, 3.8) is 0 Å². The Bertz CT molecular complexity index is 183. The molecule has 2 N–H and O–H groups in total. The van der Waals surface area contributed by atoms with Crippen molar-refractivity contribution in [1.82, 2.24) is 5.32 Å². The molecule has 0 aromatic rings. The zero-order chi connectivity index (χ0) is 10.5. The first-order valence-corrected chi connectivity index (χ1v) is 4.87. The van der Waals surface area contributed by atoms with Crippen LogP contribution >= 0.6 is 12.6 Å². The highest BCUT2D eigenvalue weighted by Gasteiger charge is 2.14. The molecular formula is C9H18N2OS. The zero-order valence-corrected chi connectivity index (χ0v) is 9.30. The number of nitrogens with one attached hydrogen (secondary N) is 1. The summed E-state index contributed by atoms with van der Waals surface area (Å²) in [7, 11) is 0. The Kier molecular flexibility index (Phi) is 5.38. The number of rotatable bonds is 4. The Hall–Kier alpha value is -0.240. The molecule has 0 aliphatic rings. The molecule has 0 amide bonds. The fraction of sp³-hybridized carbons (Fsp3) is 0.889. The topological polar surface area (TPSA) is 56.0 Å². The van der Waals surface area contributed by atoms with E-state index in [1.807, 2.05) is 26.8 Å². The van der Waals surface area contributed by atoms with Gasteiger partial charge in [-0.25, -0.2) is 0 Å². The third-order valence-electron chi connectivity index (χ3n) is 1.51. The fourth-order valence-corrected chi connectivity index (χ4v) is 1.06. The van der Waals surface area contributed by atoms with E-state index in [1.54, 1.807) is 0 Å². The molecule has 76 valence electrons. The van der Waals surface area contributed by atoms with Crippen LogP contribution in [0.2, 0.25) is 0 Å². The van der Waals surface area contributed by atoms with Gasteiger partial charge in [0, 0.05) is 12.1 Å². The Morgan fingerprint density at radius 3 is 2.46 bits per heavy atom. The molecule has 2 unspecified atom stereocenters. The van der Waals surface area contributed by atoms with Crippen molar-refractivity contribution >= 4 is 12.6 Å². The highest BCUT2D eigenvalue weighted by atomic mass is 32.1. The summed E-state index contributed by atoms with van der Waals surface area (Å²) >= 11 is 3.99. The molecular weight excluding hydrogens is 184 g/mol. The minimum atomic E-state index is -0.499. The van der Waals surface area contributed by atoms with E-state index < -0.39 is 6.10 Å². The largest absolute Gasteiger partial charge is 0.392 e. The predicted molar refractivity (Wildman–Crippen MR) is 56.8 cm³/mol. The van der Waals surface area contributed by atoms with Crippen molar-refractivity contribution in [2.45, 2.75) is 44.1 Å². The van der Waals surface area contributed by atoms with Gasteiger partial charge in [0.15, 0.2) is 0 Å². The van der Waals surface area contributed by atoms with Gasteiger partial charge >= 0.3 is 0 Å². The highest BCUT2D eigenvalue weighted by molar-refractivity contribution is 7.81. The molecule has 4 heteroatoms. The van der Waals surface area contributed by atoms with E-state index in [0.29, 0.717) is 13.0 Å². The van der Waals surface area contributed by atoms with Crippen molar-refractivity contribution in [2.75, 3.05) is 6.54 Å². The summed E-state index contributed by atoms with van der Waals surface area (Å²) in [6, 6.07) is 1.97. The van der Waals surface area contributed by atoms with Crippen molar-refractivity contribution in [2.24, 2.45) is 0 Å². The Morgan fingerprint density at radius 2 is 2.08 bits per heavy atom. The van der Waals surface area contributed by atoms with E-state index in [1.165, 1.54) is 0 Å². The lowest BCUT2D eigenvalue weighted by Crippen LogP contribution is -2.41. The molecule has 0 aromatic heterocycles. The summed E-state index contributed by atoms with van der Waals surface area (Å²) in [5.41, 5.74) is -0.000279. The smallest absolute Gasteiger partial charge is 0.0912 e. The van der Waals surface area contributed by atoms with Gasteiger partial charge in [0.25, 0.3) is 0 Å². The second-order valence-corrected chi connectivity index (χ2v) is 4.79. The van der Waals surface area contributed by atoms with Crippen LogP contribution in [-0.4, -0.2) is 28.5 Å². The standard InChI is InChI=1S/C9H18N2OS/c1-9(2,3)11-6-7(12)4-8(13)5-10/h7-8,11-13H,4,6H2,1-3H3. The number of hydrogen-bond acceptors (Lipinski definition) is 4. The van der Waals surface area contributed by atoms with E-state index >= 15 is 0 Å². The number of nitrogens with zero attached hydrogens (tertiary/aromatic N) is 1.